The maximum atomic E-state index is 11.5. The predicted octanol–water partition coefficient (Wildman–Crippen LogP) is 2.17. The van der Waals surface area contributed by atoms with Crippen LogP contribution in [0.4, 0.5) is 5.82 Å². The third kappa shape index (κ3) is 2.55. The summed E-state index contributed by atoms with van der Waals surface area (Å²) in [6.07, 6.45) is 4.02. The van der Waals surface area contributed by atoms with Crippen molar-refractivity contribution < 1.29 is 9.90 Å². The van der Waals surface area contributed by atoms with Crippen molar-refractivity contribution in [3.05, 3.63) is 17.6 Å². The average molecular weight is 263 g/mol. The minimum atomic E-state index is -0.698. The van der Waals surface area contributed by atoms with Gasteiger partial charge in [-0.05, 0) is 33.1 Å². The van der Waals surface area contributed by atoms with Crippen LogP contribution in [0.15, 0.2) is 6.20 Å². The standard InChI is InChI=1S/C14H21N3O2/c1-4-14(13(18)19)6-5-7-17(9-14)12-8-15-10(2)11(3)16-12/h8H,4-7,9H2,1-3H3,(H,18,19). The van der Waals surface area contributed by atoms with E-state index in [0.29, 0.717) is 13.0 Å². The fourth-order valence-corrected chi connectivity index (χ4v) is 2.62. The number of rotatable bonds is 3. The van der Waals surface area contributed by atoms with Crippen LogP contribution in [0.1, 0.15) is 37.6 Å². The molecule has 2 heterocycles. The molecule has 0 bridgehead atoms. The number of hydrogen-bond donors (Lipinski definition) is 1. The van der Waals surface area contributed by atoms with Gasteiger partial charge in [0.2, 0.25) is 0 Å². The van der Waals surface area contributed by atoms with E-state index in [1.807, 2.05) is 20.8 Å². The van der Waals surface area contributed by atoms with Crippen molar-refractivity contribution in [2.45, 2.75) is 40.0 Å². The third-order valence-corrected chi connectivity index (χ3v) is 4.21. The molecule has 5 nitrogen and oxygen atoms in total. The molecule has 1 aromatic rings. The van der Waals surface area contributed by atoms with Gasteiger partial charge in [0.25, 0.3) is 0 Å². The highest BCUT2D eigenvalue weighted by Crippen LogP contribution is 2.35. The van der Waals surface area contributed by atoms with Gasteiger partial charge in [0.05, 0.1) is 23.0 Å². The lowest BCUT2D eigenvalue weighted by Crippen LogP contribution is -2.48. The van der Waals surface area contributed by atoms with E-state index in [9.17, 15) is 9.90 Å². The van der Waals surface area contributed by atoms with Gasteiger partial charge in [-0.1, -0.05) is 6.92 Å². The summed E-state index contributed by atoms with van der Waals surface area (Å²) >= 11 is 0. The van der Waals surface area contributed by atoms with Gasteiger partial charge in [0.15, 0.2) is 0 Å². The Hall–Kier alpha value is -1.65. The zero-order chi connectivity index (χ0) is 14.0. The van der Waals surface area contributed by atoms with Crippen LogP contribution in [-0.2, 0) is 4.79 Å². The Morgan fingerprint density at radius 3 is 2.79 bits per heavy atom. The van der Waals surface area contributed by atoms with Gasteiger partial charge in [0, 0.05) is 13.1 Å². The molecule has 1 aliphatic rings. The normalized spacial score (nSPS) is 23.4. The number of piperidine rings is 1. The quantitative estimate of drug-likeness (QED) is 0.905. The number of carboxylic acid groups (broad SMARTS) is 1. The van der Waals surface area contributed by atoms with Crippen molar-refractivity contribution in [2.75, 3.05) is 18.0 Å². The highest BCUT2D eigenvalue weighted by Gasteiger charge is 2.41. The zero-order valence-corrected chi connectivity index (χ0v) is 11.8. The number of aryl methyl sites for hydroxylation is 2. The van der Waals surface area contributed by atoms with Crippen molar-refractivity contribution in [3.8, 4) is 0 Å². The van der Waals surface area contributed by atoms with Crippen molar-refractivity contribution in [1.29, 1.82) is 0 Å². The molecule has 1 aromatic heterocycles. The van der Waals surface area contributed by atoms with Crippen LogP contribution >= 0.6 is 0 Å². The van der Waals surface area contributed by atoms with Gasteiger partial charge in [-0.15, -0.1) is 0 Å². The van der Waals surface area contributed by atoms with Gasteiger partial charge in [0.1, 0.15) is 5.82 Å². The maximum absolute atomic E-state index is 11.5. The fourth-order valence-electron chi connectivity index (χ4n) is 2.62. The average Bonchev–Trinajstić information content (AvgIpc) is 2.41. The van der Waals surface area contributed by atoms with Gasteiger partial charge >= 0.3 is 5.97 Å². The highest BCUT2D eigenvalue weighted by atomic mass is 16.4. The molecule has 0 spiro atoms. The predicted molar refractivity (Wildman–Crippen MR) is 73.3 cm³/mol. The molecule has 1 N–H and O–H groups in total. The molecule has 0 amide bonds. The lowest BCUT2D eigenvalue weighted by molar-refractivity contribution is -0.149. The number of carboxylic acids is 1. The van der Waals surface area contributed by atoms with E-state index in [4.69, 9.17) is 0 Å². The van der Waals surface area contributed by atoms with Crippen LogP contribution < -0.4 is 4.90 Å². The van der Waals surface area contributed by atoms with E-state index < -0.39 is 11.4 Å². The van der Waals surface area contributed by atoms with Gasteiger partial charge in [-0.3, -0.25) is 9.78 Å². The van der Waals surface area contributed by atoms with Gasteiger partial charge in [-0.2, -0.15) is 0 Å². The Bertz CT molecular complexity index is 490. The van der Waals surface area contributed by atoms with Crippen molar-refractivity contribution >= 4 is 11.8 Å². The summed E-state index contributed by atoms with van der Waals surface area (Å²) in [6, 6.07) is 0. The minimum absolute atomic E-state index is 0.524. The summed E-state index contributed by atoms with van der Waals surface area (Å²) in [7, 11) is 0. The number of hydrogen-bond acceptors (Lipinski definition) is 4. The molecule has 1 unspecified atom stereocenters. The lowest BCUT2D eigenvalue weighted by atomic mass is 9.77. The molecule has 1 fully saturated rings. The van der Waals surface area contributed by atoms with Crippen molar-refractivity contribution in [1.82, 2.24) is 9.97 Å². The third-order valence-electron chi connectivity index (χ3n) is 4.21. The summed E-state index contributed by atoms with van der Waals surface area (Å²) in [5.41, 5.74) is 1.18. The number of anilines is 1. The van der Waals surface area contributed by atoms with Crippen LogP contribution in [0.5, 0.6) is 0 Å². The SMILES string of the molecule is CCC1(C(=O)O)CCCN(c2cnc(C)c(C)n2)C1. The Labute approximate surface area is 113 Å². The van der Waals surface area contributed by atoms with Gasteiger partial charge < -0.3 is 10.0 Å². The number of carbonyl (C=O) groups is 1. The molecule has 1 atom stereocenters. The first-order valence-electron chi connectivity index (χ1n) is 6.77. The van der Waals surface area contributed by atoms with Crippen molar-refractivity contribution in [3.63, 3.8) is 0 Å². The van der Waals surface area contributed by atoms with E-state index >= 15 is 0 Å². The first-order valence-corrected chi connectivity index (χ1v) is 6.77. The molecule has 0 radical (unpaired) electrons. The second kappa shape index (κ2) is 5.15. The number of aromatic nitrogens is 2. The Morgan fingerprint density at radius 1 is 1.47 bits per heavy atom. The molecule has 0 saturated carbocycles. The second-order valence-corrected chi connectivity index (χ2v) is 5.36. The first kappa shape index (κ1) is 13.8. The van der Waals surface area contributed by atoms with Crippen LogP contribution in [0.2, 0.25) is 0 Å². The topological polar surface area (TPSA) is 66.3 Å². The smallest absolute Gasteiger partial charge is 0.311 e. The summed E-state index contributed by atoms with van der Waals surface area (Å²) in [5.74, 6) is 0.0957. The highest BCUT2D eigenvalue weighted by molar-refractivity contribution is 5.75. The second-order valence-electron chi connectivity index (χ2n) is 5.36. The Balaban J connectivity index is 2.25. The largest absolute Gasteiger partial charge is 0.481 e. The molecule has 0 aromatic carbocycles. The molecule has 2 rings (SSSR count). The Kier molecular flexibility index (Phi) is 3.73. The molecule has 19 heavy (non-hydrogen) atoms. The number of nitrogens with zero attached hydrogens (tertiary/aromatic N) is 3. The molecule has 1 saturated heterocycles. The zero-order valence-electron chi connectivity index (χ0n) is 11.8. The van der Waals surface area contributed by atoms with E-state index in [-0.39, 0.29) is 0 Å². The number of aliphatic carboxylic acids is 1. The molecular formula is C14H21N3O2. The first-order chi connectivity index (χ1) is 8.98. The van der Waals surface area contributed by atoms with Crippen LogP contribution in [-0.4, -0.2) is 34.1 Å². The van der Waals surface area contributed by atoms with Crippen molar-refractivity contribution in [2.24, 2.45) is 5.41 Å². The van der Waals surface area contributed by atoms with E-state index in [2.05, 4.69) is 14.9 Å². The molecule has 5 heteroatoms. The summed E-state index contributed by atoms with van der Waals surface area (Å²) in [5, 5.41) is 9.49. The monoisotopic (exact) mass is 263 g/mol. The molecular weight excluding hydrogens is 242 g/mol. The summed E-state index contributed by atoms with van der Waals surface area (Å²) in [6.45, 7) is 7.18. The summed E-state index contributed by atoms with van der Waals surface area (Å²) in [4.78, 5) is 22.4. The van der Waals surface area contributed by atoms with Gasteiger partial charge in [-0.25, -0.2) is 4.98 Å². The van der Waals surface area contributed by atoms with E-state index in [0.717, 1.165) is 36.6 Å². The van der Waals surface area contributed by atoms with Crippen LogP contribution in [0.3, 0.4) is 0 Å². The van der Waals surface area contributed by atoms with E-state index in [1.165, 1.54) is 0 Å². The van der Waals surface area contributed by atoms with E-state index in [1.54, 1.807) is 6.20 Å². The van der Waals surface area contributed by atoms with Crippen LogP contribution in [0, 0.1) is 19.3 Å². The maximum Gasteiger partial charge on any atom is 0.311 e. The lowest BCUT2D eigenvalue weighted by Gasteiger charge is -2.40. The molecule has 104 valence electrons. The Morgan fingerprint density at radius 2 is 2.21 bits per heavy atom. The minimum Gasteiger partial charge on any atom is -0.481 e. The molecule has 1 aliphatic heterocycles. The summed E-state index contributed by atoms with van der Waals surface area (Å²) < 4.78 is 0. The molecule has 0 aliphatic carbocycles. The fraction of sp³-hybridized carbons (Fsp3) is 0.643. The van der Waals surface area contributed by atoms with Crippen LogP contribution in [0.25, 0.3) is 0 Å².